The van der Waals surface area contributed by atoms with Crippen LogP contribution >= 0.6 is 0 Å². The lowest BCUT2D eigenvalue weighted by atomic mass is 10.1. The fraction of sp³-hybridized carbons (Fsp3) is 0.0667. The lowest BCUT2D eigenvalue weighted by molar-refractivity contribution is 0.623. The fourth-order valence-electron chi connectivity index (χ4n) is 1.58. The van der Waals surface area contributed by atoms with E-state index in [0.29, 0.717) is 11.1 Å². The van der Waals surface area contributed by atoms with Gasteiger partial charge in [0.25, 0.3) is 0 Å². The number of benzene rings is 2. The van der Waals surface area contributed by atoms with E-state index < -0.39 is 0 Å². The van der Waals surface area contributed by atoms with Gasteiger partial charge in [0.1, 0.15) is 11.6 Å². The summed E-state index contributed by atoms with van der Waals surface area (Å²) >= 11 is 0. The molecule has 17 heavy (non-hydrogen) atoms. The average Bonchev–Trinajstić information content (AvgIpc) is 2.32. The van der Waals surface area contributed by atoms with Crippen molar-refractivity contribution in [3.05, 3.63) is 70.8 Å². The minimum Gasteiger partial charge on any atom is -0.206 e. The predicted octanol–water partition coefficient (Wildman–Crippen LogP) is 4.44. The lowest BCUT2D eigenvalue weighted by Gasteiger charge is -1.99. The van der Waals surface area contributed by atoms with Crippen molar-refractivity contribution in [1.82, 2.24) is 0 Å². The molecule has 0 aromatic heterocycles. The second-order valence-corrected chi connectivity index (χ2v) is 3.88. The van der Waals surface area contributed by atoms with Crippen LogP contribution in [0.2, 0.25) is 0 Å². The van der Waals surface area contributed by atoms with Crippen molar-refractivity contribution in [3.63, 3.8) is 0 Å². The first-order chi connectivity index (χ1) is 8.16. The molecule has 2 heteroatoms. The Labute approximate surface area is 99.2 Å². The van der Waals surface area contributed by atoms with Crippen LogP contribution in [0.4, 0.5) is 8.78 Å². The van der Waals surface area contributed by atoms with Crippen molar-refractivity contribution in [2.75, 3.05) is 0 Å². The zero-order valence-corrected chi connectivity index (χ0v) is 9.45. The molecule has 0 bridgehead atoms. The van der Waals surface area contributed by atoms with Crippen LogP contribution in [0.3, 0.4) is 0 Å². The van der Waals surface area contributed by atoms with Gasteiger partial charge in [0.2, 0.25) is 0 Å². The van der Waals surface area contributed by atoms with Gasteiger partial charge in [-0.25, -0.2) is 8.78 Å². The quantitative estimate of drug-likeness (QED) is 0.669. The number of halogens is 2. The van der Waals surface area contributed by atoms with Gasteiger partial charge in [-0.3, -0.25) is 0 Å². The van der Waals surface area contributed by atoms with E-state index in [1.807, 2.05) is 6.92 Å². The zero-order valence-electron chi connectivity index (χ0n) is 9.45. The fourth-order valence-corrected chi connectivity index (χ4v) is 1.58. The van der Waals surface area contributed by atoms with Crippen LogP contribution in [0.25, 0.3) is 12.2 Å². The number of hydrogen-bond donors (Lipinski definition) is 0. The van der Waals surface area contributed by atoms with Crippen molar-refractivity contribution in [1.29, 1.82) is 0 Å². The van der Waals surface area contributed by atoms with Crippen LogP contribution in [0.15, 0.2) is 42.5 Å². The van der Waals surface area contributed by atoms with E-state index in [0.717, 1.165) is 5.56 Å². The number of rotatable bonds is 2. The maximum atomic E-state index is 13.4. The predicted molar refractivity (Wildman–Crippen MR) is 66.5 cm³/mol. The third kappa shape index (κ3) is 2.78. The van der Waals surface area contributed by atoms with Crippen LogP contribution < -0.4 is 0 Å². The van der Waals surface area contributed by atoms with Crippen molar-refractivity contribution >= 4 is 12.2 Å². The Morgan fingerprint density at radius 1 is 0.824 bits per heavy atom. The van der Waals surface area contributed by atoms with E-state index >= 15 is 0 Å². The molecule has 0 aliphatic rings. The molecule has 0 nitrogen and oxygen atoms in total. The minimum atomic E-state index is -0.309. The Morgan fingerprint density at radius 2 is 1.47 bits per heavy atom. The summed E-state index contributed by atoms with van der Waals surface area (Å²) in [6.07, 6.45) is 3.16. The Morgan fingerprint density at radius 3 is 2.24 bits per heavy atom. The highest BCUT2D eigenvalue weighted by atomic mass is 19.1. The van der Waals surface area contributed by atoms with Gasteiger partial charge in [-0.05, 0) is 25.1 Å². The topological polar surface area (TPSA) is 0 Å². The third-order valence-electron chi connectivity index (χ3n) is 2.50. The molecule has 0 spiro atoms. The van der Waals surface area contributed by atoms with Crippen LogP contribution in [0.1, 0.15) is 16.7 Å². The van der Waals surface area contributed by atoms with Gasteiger partial charge in [0, 0.05) is 11.1 Å². The molecular formula is C15H12F2. The molecule has 2 aromatic carbocycles. The highest BCUT2D eigenvalue weighted by Crippen LogP contribution is 2.15. The molecule has 2 aromatic rings. The summed E-state index contributed by atoms with van der Waals surface area (Å²) in [5.41, 5.74) is 1.89. The van der Waals surface area contributed by atoms with Crippen LogP contribution in [-0.2, 0) is 0 Å². The molecule has 0 N–H and O–H groups in total. The number of aryl methyl sites for hydroxylation is 1. The maximum absolute atomic E-state index is 13.4. The van der Waals surface area contributed by atoms with E-state index in [2.05, 4.69) is 0 Å². The second kappa shape index (κ2) is 4.91. The first kappa shape index (κ1) is 11.5. The summed E-state index contributed by atoms with van der Waals surface area (Å²) in [5.74, 6) is -0.611. The summed E-state index contributed by atoms with van der Waals surface area (Å²) in [5, 5.41) is 0. The van der Waals surface area contributed by atoms with Crippen molar-refractivity contribution in [2.45, 2.75) is 6.92 Å². The highest BCUT2D eigenvalue weighted by molar-refractivity contribution is 5.70. The summed E-state index contributed by atoms with van der Waals surface area (Å²) in [6, 6.07) is 11.2. The standard InChI is InChI=1S/C15H12F2/c1-11-6-9-15(17)13(10-11)8-7-12-4-2-3-5-14(12)16/h2-10H,1H3/b8-7+. The number of hydrogen-bond acceptors (Lipinski definition) is 0. The Hall–Kier alpha value is -1.96. The van der Waals surface area contributed by atoms with E-state index in [1.54, 1.807) is 42.5 Å². The molecular weight excluding hydrogens is 218 g/mol. The van der Waals surface area contributed by atoms with Gasteiger partial charge >= 0.3 is 0 Å². The monoisotopic (exact) mass is 230 g/mol. The molecule has 0 amide bonds. The van der Waals surface area contributed by atoms with E-state index in [9.17, 15) is 8.78 Å². The molecule has 0 aliphatic heterocycles. The summed E-state index contributed by atoms with van der Waals surface area (Å²) in [7, 11) is 0. The van der Waals surface area contributed by atoms with Gasteiger partial charge in [-0.2, -0.15) is 0 Å². The third-order valence-corrected chi connectivity index (χ3v) is 2.50. The minimum absolute atomic E-state index is 0.303. The molecule has 0 atom stereocenters. The maximum Gasteiger partial charge on any atom is 0.130 e. The van der Waals surface area contributed by atoms with Crippen molar-refractivity contribution in [2.24, 2.45) is 0 Å². The molecule has 0 saturated heterocycles. The Balaban J connectivity index is 2.32. The summed E-state index contributed by atoms with van der Waals surface area (Å²) in [4.78, 5) is 0. The van der Waals surface area contributed by atoms with Crippen molar-refractivity contribution in [3.8, 4) is 0 Å². The molecule has 0 radical (unpaired) electrons. The first-order valence-electron chi connectivity index (χ1n) is 5.35. The van der Waals surface area contributed by atoms with E-state index in [1.165, 1.54) is 12.1 Å². The summed E-state index contributed by atoms with van der Waals surface area (Å²) in [6.45, 7) is 1.89. The largest absolute Gasteiger partial charge is 0.206 e. The molecule has 0 unspecified atom stereocenters. The highest BCUT2D eigenvalue weighted by Gasteiger charge is 1.99. The molecule has 86 valence electrons. The normalized spacial score (nSPS) is 11.0. The van der Waals surface area contributed by atoms with Crippen LogP contribution in [0, 0.1) is 18.6 Å². The molecule has 0 aliphatic carbocycles. The van der Waals surface area contributed by atoms with Gasteiger partial charge in [0.15, 0.2) is 0 Å². The Bertz CT molecular complexity index is 557. The van der Waals surface area contributed by atoms with Gasteiger partial charge in [0.05, 0.1) is 0 Å². The SMILES string of the molecule is Cc1ccc(F)c(/C=C/c2ccccc2F)c1. The first-order valence-corrected chi connectivity index (χ1v) is 5.35. The van der Waals surface area contributed by atoms with Crippen LogP contribution in [0.5, 0.6) is 0 Å². The molecule has 0 saturated carbocycles. The van der Waals surface area contributed by atoms with Gasteiger partial charge < -0.3 is 0 Å². The smallest absolute Gasteiger partial charge is 0.130 e. The van der Waals surface area contributed by atoms with Gasteiger partial charge in [-0.1, -0.05) is 42.0 Å². The average molecular weight is 230 g/mol. The molecule has 2 rings (SSSR count). The lowest BCUT2D eigenvalue weighted by Crippen LogP contribution is -1.84. The van der Waals surface area contributed by atoms with Crippen molar-refractivity contribution < 1.29 is 8.78 Å². The molecule has 0 fully saturated rings. The van der Waals surface area contributed by atoms with E-state index in [4.69, 9.17) is 0 Å². The molecule has 0 heterocycles. The zero-order chi connectivity index (χ0) is 12.3. The Kier molecular flexibility index (Phi) is 3.33. The second-order valence-electron chi connectivity index (χ2n) is 3.88. The van der Waals surface area contributed by atoms with E-state index in [-0.39, 0.29) is 11.6 Å². The summed E-state index contributed by atoms with van der Waals surface area (Å²) < 4.78 is 26.8. The van der Waals surface area contributed by atoms with Crippen LogP contribution in [-0.4, -0.2) is 0 Å². The van der Waals surface area contributed by atoms with Gasteiger partial charge in [-0.15, -0.1) is 0 Å².